The van der Waals surface area contributed by atoms with Gasteiger partial charge in [-0.25, -0.2) is 0 Å². The maximum atomic E-state index is 5.93. The van der Waals surface area contributed by atoms with Gasteiger partial charge in [-0.2, -0.15) is 0 Å². The number of aliphatic imine (C=N–C) groups is 2. The van der Waals surface area contributed by atoms with Crippen molar-refractivity contribution in [1.29, 1.82) is 0 Å². The summed E-state index contributed by atoms with van der Waals surface area (Å²) in [4.78, 5) is 9.95. The predicted octanol–water partition coefficient (Wildman–Crippen LogP) is 5.70. The van der Waals surface area contributed by atoms with Crippen LogP contribution in [-0.2, 0) is 35.5 Å². The van der Waals surface area contributed by atoms with Crippen molar-refractivity contribution in [3.8, 4) is 0 Å². The first kappa shape index (κ1) is 20.0. The summed E-state index contributed by atoms with van der Waals surface area (Å²) in [6.07, 6.45) is 4.63. The molecule has 0 spiro atoms. The Bertz CT molecular complexity index is 1240. The molecule has 2 aliphatic carbocycles. The molecule has 0 saturated heterocycles. The Labute approximate surface area is 200 Å². The largest absolute Gasteiger partial charge is 0.473 e. The third-order valence-corrected chi connectivity index (χ3v) is 7.94. The van der Waals surface area contributed by atoms with Gasteiger partial charge in [0.2, 0.25) is 11.8 Å². The van der Waals surface area contributed by atoms with Crippen LogP contribution >= 0.6 is 0 Å². The monoisotopic (exact) mass is 448 g/mol. The first-order valence-corrected chi connectivity index (χ1v) is 12.5. The third kappa shape index (κ3) is 3.27. The minimum Gasteiger partial charge on any atom is -0.473 e. The van der Waals surface area contributed by atoms with E-state index >= 15 is 0 Å². The van der Waals surface area contributed by atoms with E-state index in [2.05, 4.69) is 60.7 Å². The summed E-state index contributed by atoms with van der Waals surface area (Å²) in [5.74, 6) is 2.56. The second-order valence-corrected chi connectivity index (χ2v) is 9.87. The molecule has 2 atom stereocenters. The highest BCUT2D eigenvalue weighted by molar-refractivity contribution is 5.98. The molecular formula is C30H28N2O2. The zero-order valence-corrected chi connectivity index (χ0v) is 19.3. The molecule has 7 rings (SSSR count). The minimum atomic E-state index is 0.463. The molecule has 34 heavy (non-hydrogen) atoms. The van der Waals surface area contributed by atoms with E-state index < -0.39 is 0 Å². The summed E-state index contributed by atoms with van der Waals surface area (Å²) in [6.45, 7) is 2.87. The summed E-state index contributed by atoms with van der Waals surface area (Å²) >= 11 is 0. The van der Waals surface area contributed by atoms with Crippen molar-refractivity contribution in [3.63, 3.8) is 0 Å². The Balaban J connectivity index is 1.16. The van der Waals surface area contributed by atoms with Crippen LogP contribution < -0.4 is 0 Å². The van der Waals surface area contributed by atoms with Crippen LogP contribution in [0.15, 0.2) is 70.6 Å². The van der Waals surface area contributed by atoms with Crippen LogP contribution in [0, 0.1) is 0 Å². The predicted molar refractivity (Wildman–Crippen MR) is 134 cm³/mol. The Hall–Kier alpha value is -3.40. The topological polar surface area (TPSA) is 43.2 Å². The van der Waals surface area contributed by atoms with Gasteiger partial charge in [0.05, 0.1) is 0 Å². The molecule has 3 aromatic rings. The average molecular weight is 449 g/mol. The van der Waals surface area contributed by atoms with Crippen molar-refractivity contribution in [3.05, 3.63) is 105 Å². The molecule has 2 aliphatic heterocycles. The van der Waals surface area contributed by atoms with Crippen molar-refractivity contribution >= 4 is 11.8 Å². The Morgan fingerprint density at radius 1 is 0.588 bits per heavy atom. The SMILES string of the molecule is c1ccc2c(c1)COC2=NC[C@@H]1CCc2ccc3c(c21)[C@H](CN=C1OCc2ccccc21)CC3. The van der Waals surface area contributed by atoms with Gasteiger partial charge in [-0.05, 0) is 60.1 Å². The lowest BCUT2D eigenvalue weighted by Crippen LogP contribution is -2.10. The number of hydrogen-bond donors (Lipinski definition) is 0. The van der Waals surface area contributed by atoms with Crippen LogP contribution in [0.1, 0.15) is 69.2 Å². The van der Waals surface area contributed by atoms with E-state index in [-0.39, 0.29) is 0 Å². The van der Waals surface area contributed by atoms with Gasteiger partial charge >= 0.3 is 0 Å². The first-order valence-electron chi connectivity index (χ1n) is 12.5. The van der Waals surface area contributed by atoms with Gasteiger partial charge in [-0.3, -0.25) is 9.98 Å². The second kappa shape index (κ2) is 8.12. The molecule has 170 valence electrons. The third-order valence-electron chi connectivity index (χ3n) is 7.94. The lowest BCUT2D eigenvalue weighted by atomic mass is 9.88. The summed E-state index contributed by atoms with van der Waals surface area (Å²) in [5, 5.41) is 0. The van der Waals surface area contributed by atoms with E-state index in [1.165, 1.54) is 35.1 Å². The zero-order valence-electron chi connectivity index (χ0n) is 19.3. The van der Waals surface area contributed by atoms with Crippen molar-refractivity contribution in [2.24, 2.45) is 9.98 Å². The lowest BCUT2D eigenvalue weighted by molar-refractivity contribution is 0.310. The number of benzene rings is 3. The average Bonchev–Trinajstić information content (AvgIpc) is 3.65. The number of ether oxygens (including phenoxy) is 2. The molecule has 0 saturated carbocycles. The number of fused-ring (bicyclic) bond motifs is 5. The van der Waals surface area contributed by atoms with E-state index in [0.29, 0.717) is 25.0 Å². The number of nitrogens with zero attached hydrogens (tertiary/aromatic N) is 2. The van der Waals surface area contributed by atoms with Crippen LogP contribution in [-0.4, -0.2) is 24.9 Å². The van der Waals surface area contributed by atoms with Gasteiger partial charge in [0.1, 0.15) is 13.2 Å². The molecule has 0 amide bonds. The highest BCUT2D eigenvalue weighted by Crippen LogP contribution is 2.45. The zero-order chi connectivity index (χ0) is 22.5. The first-order chi connectivity index (χ1) is 16.8. The second-order valence-electron chi connectivity index (χ2n) is 9.87. The lowest BCUT2D eigenvalue weighted by Gasteiger charge is -2.19. The van der Waals surface area contributed by atoms with Gasteiger partial charge in [-0.15, -0.1) is 0 Å². The maximum Gasteiger partial charge on any atom is 0.216 e. The highest BCUT2D eigenvalue weighted by Gasteiger charge is 2.34. The molecule has 2 heterocycles. The molecule has 3 aromatic carbocycles. The Morgan fingerprint density at radius 3 is 1.56 bits per heavy atom. The van der Waals surface area contributed by atoms with Gasteiger partial charge in [0, 0.05) is 47.2 Å². The molecule has 0 bridgehead atoms. The van der Waals surface area contributed by atoms with Crippen LogP contribution in [0.5, 0.6) is 0 Å². The van der Waals surface area contributed by atoms with E-state index in [9.17, 15) is 0 Å². The van der Waals surface area contributed by atoms with Gasteiger partial charge in [0.15, 0.2) is 0 Å². The quantitative estimate of drug-likeness (QED) is 0.514. The number of aryl methyl sites for hydroxylation is 2. The standard InChI is InChI=1S/C30H28N2O2/c1-3-7-25-23(5-1)17-33-29(25)31-15-21-13-11-19-9-10-20-12-14-22(28(20)27(19)21)16-32-30-26-8-4-2-6-24(26)18-34-30/h1-10,21-22H,11-18H2/t21-,22-/m0/s1. The molecular weight excluding hydrogens is 420 g/mol. The molecule has 4 heteroatoms. The van der Waals surface area contributed by atoms with Crippen molar-refractivity contribution in [1.82, 2.24) is 0 Å². The summed E-state index contributed by atoms with van der Waals surface area (Å²) in [5.41, 5.74) is 10.9. The van der Waals surface area contributed by atoms with Crippen molar-refractivity contribution in [2.75, 3.05) is 13.1 Å². The van der Waals surface area contributed by atoms with Crippen LogP contribution in [0.25, 0.3) is 0 Å². The Morgan fingerprint density at radius 2 is 1.06 bits per heavy atom. The smallest absolute Gasteiger partial charge is 0.216 e. The molecule has 0 fully saturated rings. The van der Waals surface area contributed by atoms with Crippen LogP contribution in [0.2, 0.25) is 0 Å². The maximum absolute atomic E-state index is 5.93. The summed E-state index contributed by atoms with van der Waals surface area (Å²) < 4.78 is 11.9. The Kier molecular flexibility index (Phi) is 4.78. The molecule has 4 nitrogen and oxygen atoms in total. The van der Waals surface area contributed by atoms with E-state index in [4.69, 9.17) is 19.5 Å². The number of rotatable bonds is 4. The molecule has 0 N–H and O–H groups in total. The van der Waals surface area contributed by atoms with Crippen LogP contribution in [0.3, 0.4) is 0 Å². The van der Waals surface area contributed by atoms with E-state index in [1.807, 2.05) is 0 Å². The summed E-state index contributed by atoms with van der Waals surface area (Å²) in [6, 6.07) is 21.5. The highest BCUT2D eigenvalue weighted by atomic mass is 16.5. The van der Waals surface area contributed by atoms with Gasteiger partial charge in [0.25, 0.3) is 0 Å². The molecule has 0 unspecified atom stereocenters. The van der Waals surface area contributed by atoms with Gasteiger partial charge in [-0.1, -0.05) is 48.5 Å². The van der Waals surface area contributed by atoms with E-state index in [1.54, 1.807) is 11.1 Å². The molecule has 0 aromatic heterocycles. The molecule has 4 aliphatic rings. The van der Waals surface area contributed by atoms with E-state index in [0.717, 1.165) is 48.9 Å². The number of hydrogen-bond acceptors (Lipinski definition) is 4. The van der Waals surface area contributed by atoms with Crippen molar-refractivity contribution < 1.29 is 9.47 Å². The van der Waals surface area contributed by atoms with Gasteiger partial charge < -0.3 is 9.47 Å². The van der Waals surface area contributed by atoms with Crippen LogP contribution in [0.4, 0.5) is 0 Å². The molecule has 0 radical (unpaired) electrons. The fourth-order valence-corrected chi connectivity index (χ4v) is 6.25. The normalized spacial score (nSPS) is 24.0. The minimum absolute atomic E-state index is 0.463. The fraction of sp³-hybridized carbons (Fsp3) is 0.333. The van der Waals surface area contributed by atoms with Crippen molar-refractivity contribution in [2.45, 2.75) is 50.7 Å². The summed E-state index contributed by atoms with van der Waals surface area (Å²) in [7, 11) is 0. The fourth-order valence-electron chi connectivity index (χ4n) is 6.25.